The van der Waals surface area contributed by atoms with Crippen LogP contribution >= 0.6 is 15.9 Å². The van der Waals surface area contributed by atoms with Crippen LogP contribution in [0.25, 0.3) is 16.9 Å². The third-order valence-corrected chi connectivity index (χ3v) is 3.82. The fourth-order valence-corrected chi connectivity index (χ4v) is 2.91. The van der Waals surface area contributed by atoms with Crippen LogP contribution in [0.2, 0.25) is 0 Å². The first-order valence-corrected chi connectivity index (χ1v) is 7.21. The zero-order valence-electron chi connectivity index (χ0n) is 11.6. The molecule has 1 aromatic carbocycles. The van der Waals surface area contributed by atoms with Gasteiger partial charge in [-0.25, -0.2) is 4.98 Å². The fraction of sp³-hybridized carbons (Fsp3) is 0.125. The van der Waals surface area contributed by atoms with Gasteiger partial charge in [0, 0.05) is 16.2 Å². The molecule has 2 heterocycles. The van der Waals surface area contributed by atoms with Crippen molar-refractivity contribution in [3.05, 3.63) is 52.3 Å². The van der Waals surface area contributed by atoms with Gasteiger partial charge in [-0.15, -0.1) is 0 Å². The first kappa shape index (κ1) is 13.8. The van der Waals surface area contributed by atoms with Crippen LogP contribution in [-0.2, 0) is 0 Å². The van der Waals surface area contributed by atoms with Gasteiger partial charge in [0.15, 0.2) is 6.29 Å². The Morgan fingerprint density at radius 2 is 2.00 bits per heavy atom. The summed E-state index contributed by atoms with van der Waals surface area (Å²) >= 11 is 3.45. The maximum atomic E-state index is 11.5. The van der Waals surface area contributed by atoms with Gasteiger partial charge in [0.25, 0.3) is 0 Å². The summed E-state index contributed by atoms with van der Waals surface area (Å²) in [7, 11) is 1.62. The molecule has 0 N–H and O–H groups in total. The predicted octanol–water partition coefficient (Wildman–Crippen LogP) is 3.89. The van der Waals surface area contributed by atoms with E-state index in [1.54, 1.807) is 7.11 Å². The number of carbonyl (C=O) groups excluding carboxylic acids is 1. The molecule has 0 fully saturated rings. The van der Waals surface area contributed by atoms with Crippen LogP contribution in [0.15, 0.2) is 41.0 Å². The fourth-order valence-electron chi connectivity index (χ4n) is 2.36. The minimum Gasteiger partial charge on any atom is -0.497 e. The Morgan fingerprint density at radius 1 is 1.29 bits per heavy atom. The Hall–Kier alpha value is -2.14. The molecule has 0 unspecified atom stereocenters. The maximum absolute atomic E-state index is 11.5. The lowest BCUT2D eigenvalue weighted by molar-refractivity contribution is 0.111. The van der Waals surface area contributed by atoms with Crippen LogP contribution in [-0.4, -0.2) is 22.8 Å². The van der Waals surface area contributed by atoms with Crippen LogP contribution in [0.4, 0.5) is 0 Å². The second-order valence-electron chi connectivity index (χ2n) is 4.73. The van der Waals surface area contributed by atoms with Crippen molar-refractivity contribution >= 4 is 27.9 Å². The topological polar surface area (TPSA) is 43.6 Å². The number of nitrogens with zero attached hydrogens (tertiary/aromatic N) is 2. The van der Waals surface area contributed by atoms with E-state index in [-0.39, 0.29) is 0 Å². The minimum absolute atomic E-state index is 0.541. The SMILES string of the molecule is COc1ccc(-c2nc3c(C)cc(Br)cn3c2C=O)cc1. The zero-order valence-corrected chi connectivity index (χ0v) is 13.2. The van der Waals surface area contributed by atoms with E-state index in [9.17, 15) is 4.79 Å². The molecule has 0 bridgehead atoms. The number of aldehydes is 1. The van der Waals surface area contributed by atoms with Gasteiger partial charge in [-0.1, -0.05) is 0 Å². The minimum atomic E-state index is 0.541. The van der Waals surface area contributed by atoms with Crippen molar-refractivity contribution in [3.63, 3.8) is 0 Å². The molecular weight excluding hydrogens is 332 g/mol. The number of fused-ring (bicyclic) bond motifs is 1. The Bertz CT molecular complexity index is 822. The largest absolute Gasteiger partial charge is 0.497 e. The van der Waals surface area contributed by atoms with Crippen molar-refractivity contribution in [2.45, 2.75) is 6.92 Å². The van der Waals surface area contributed by atoms with Crippen molar-refractivity contribution in [1.82, 2.24) is 9.38 Å². The third-order valence-electron chi connectivity index (χ3n) is 3.38. The smallest absolute Gasteiger partial charge is 0.169 e. The number of aryl methyl sites for hydroxylation is 1. The highest BCUT2D eigenvalue weighted by atomic mass is 79.9. The summed E-state index contributed by atoms with van der Waals surface area (Å²) in [6.45, 7) is 1.97. The standard InChI is InChI=1S/C16H13BrN2O2/c1-10-7-12(17)8-19-14(9-20)15(18-16(10)19)11-3-5-13(21-2)6-4-11/h3-9H,1-2H3. The molecule has 0 aliphatic rings. The van der Waals surface area contributed by atoms with Crippen LogP contribution in [0.1, 0.15) is 16.1 Å². The van der Waals surface area contributed by atoms with Gasteiger partial charge in [-0.05, 0) is 58.7 Å². The molecule has 3 aromatic rings. The molecule has 4 nitrogen and oxygen atoms in total. The Kier molecular flexibility index (Phi) is 3.51. The molecule has 0 aliphatic heterocycles. The second kappa shape index (κ2) is 5.33. The van der Waals surface area contributed by atoms with Crippen molar-refractivity contribution < 1.29 is 9.53 Å². The van der Waals surface area contributed by atoms with Crippen LogP contribution in [0.5, 0.6) is 5.75 Å². The molecule has 3 rings (SSSR count). The maximum Gasteiger partial charge on any atom is 0.169 e. The van der Waals surface area contributed by atoms with Gasteiger partial charge in [0.2, 0.25) is 0 Å². The second-order valence-corrected chi connectivity index (χ2v) is 5.64. The van der Waals surface area contributed by atoms with Crippen molar-refractivity contribution in [1.29, 1.82) is 0 Å². The number of aromatic nitrogens is 2. The summed E-state index contributed by atoms with van der Waals surface area (Å²) in [5.41, 5.74) is 3.89. The van der Waals surface area contributed by atoms with E-state index in [0.29, 0.717) is 11.4 Å². The van der Waals surface area contributed by atoms with E-state index in [2.05, 4.69) is 20.9 Å². The number of benzene rings is 1. The molecule has 0 spiro atoms. The molecule has 0 aliphatic carbocycles. The lowest BCUT2D eigenvalue weighted by atomic mass is 10.1. The summed E-state index contributed by atoms with van der Waals surface area (Å²) in [6.07, 6.45) is 2.69. The molecule has 0 saturated carbocycles. The highest BCUT2D eigenvalue weighted by Gasteiger charge is 2.15. The molecule has 2 aromatic heterocycles. The summed E-state index contributed by atoms with van der Waals surface area (Å²) in [5.74, 6) is 0.772. The lowest BCUT2D eigenvalue weighted by Gasteiger charge is -2.02. The van der Waals surface area contributed by atoms with Gasteiger partial charge in [0.05, 0.1) is 7.11 Å². The van der Waals surface area contributed by atoms with E-state index in [1.807, 2.05) is 47.9 Å². The van der Waals surface area contributed by atoms with Gasteiger partial charge in [-0.2, -0.15) is 0 Å². The lowest BCUT2D eigenvalue weighted by Crippen LogP contribution is -1.94. The number of ether oxygens (including phenoxy) is 1. The number of imidazole rings is 1. The Labute approximate surface area is 130 Å². The molecular formula is C16H13BrN2O2. The molecule has 0 saturated heterocycles. The van der Waals surface area contributed by atoms with Crippen molar-refractivity contribution in [2.24, 2.45) is 0 Å². The molecule has 0 atom stereocenters. The highest BCUT2D eigenvalue weighted by Crippen LogP contribution is 2.27. The molecule has 0 radical (unpaired) electrons. The van der Waals surface area contributed by atoms with Crippen LogP contribution < -0.4 is 4.74 Å². The quantitative estimate of drug-likeness (QED) is 0.677. The van der Waals surface area contributed by atoms with Gasteiger partial charge < -0.3 is 4.74 Å². The molecule has 21 heavy (non-hydrogen) atoms. The average molecular weight is 345 g/mol. The highest BCUT2D eigenvalue weighted by molar-refractivity contribution is 9.10. The number of hydrogen-bond acceptors (Lipinski definition) is 3. The van der Waals surface area contributed by atoms with E-state index in [1.165, 1.54) is 0 Å². The van der Waals surface area contributed by atoms with E-state index in [4.69, 9.17) is 4.74 Å². The molecule has 5 heteroatoms. The third kappa shape index (κ3) is 2.34. The summed E-state index contributed by atoms with van der Waals surface area (Å²) in [5, 5.41) is 0. The zero-order chi connectivity index (χ0) is 15.0. The number of pyridine rings is 1. The van der Waals surface area contributed by atoms with E-state index in [0.717, 1.165) is 33.3 Å². The predicted molar refractivity (Wildman–Crippen MR) is 85.0 cm³/mol. The van der Waals surface area contributed by atoms with Gasteiger partial charge >= 0.3 is 0 Å². The van der Waals surface area contributed by atoms with Gasteiger partial charge in [-0.3, -0.25) is 9.20 Å². The molecule has 106 valence electrons. The van der Waals surface area contributed by atoms with Crippen molar-refractivity contribution in [2.75, 3.05) is 7.11 Å². The van der Waals surface area contributed by atoms with Crippen LogP contribution in [0.3, 0.4) is 0 Å². The normalized spacial score (nSPS) is 10.8. The van der Waals surface area contributed by atoms with Crippen molar-refractivity contribution in [3.8, 4) is 17.0 Å². The number of methoxy groups -OCH3 is 1. The number of carbonyl (C=O) groups is 1. The summed E-state index contributed by atoms with van der Waals surface area (Å²) in [6, 6.07) is 9.50. The van der Waals surface area contributed by atoms with E-state index >= 15 is 0 Å². The monoisotopic (exact) mass is 344 g/mol. The number of rotatable bonds is 3. The number of hydrogen-bond donors (Lipinski definition) is 0. The van der Waals surface area contributed by atoms with Gasteiger partial charge in [0.1, 0.15) is 22.8 Å². The van der Waals surface area contributed by atoms with Crippen LogP contribution in [0, 0.1) is 6.92 Å². The Balaban J connectivity index is 2.26. The summed E-state index contributed by atoms with van der Waals surface area (Å²) in [4.78, 5) is 16.1. The van der Waals surface area contributed by atoms with E-state index < -0.39 is 0 Å². The summed E-state index contributed by atoms with van der Waals surface area (Å²) < 4.78 is 7.88. The average Bonchev–Trinajstić information content (AvgIpc) is 2.86. The Morgan fingerprint density at radius 3 is 2.62 bits per heavy atom. The first-order valence-electron chi connectivity index (χ1n) is 6.42. The molecule has 0 amide bonds. The first-order chi connectivity index (χ1) is 10.1. The number of halogens is 1.